The first-order valence-electron chi connectivity index (χ1n) is 6.42. The molecule has 106 valence electrons. The van der Waals surface area contributed by atoms with E-state index >= 15 is 0 Å². The largest absolute Gasteiger partial charge is 0.497 e. The van der Waals surface area contributed by atoms with Crippen LogP contribution in [-0.4, -0.2) is 7.11 Å². The second-order valence-electron chi connectivity index (χ2n) is 4.41. The van der Waals surface area contributed by atoms with Crippen LogP contribution in [0, 0.1) is 3.77 Å². The molecule has 4 heteroatoms. The average Bonchev–Trinajstić information content (AvgIpc) is 3.14. The summed E-state index contributed by atoms with van der Waals surface area (Å²) in [5.41, 5.74) is 1.08. The highest BCUT2D eigenvalue weighted by molar-refractivity contribution is 14.1. The van der Waals surface area contributed by atoms with Crippen LogP contribution in [0.25, 0.3) is 23.7 Å². The van der Waals surface area contributed by atoms with Crippen molar-refractivity contribution in [3.05, 3.63) is 63.6 Å². The fraction of sp³-hybridized carbons (Fsp3) is 0.0588. The van der Waals surface area contributed by atoms with Crippen molar-refractivity contribution in [2.24, 2.45) is 0 Å². The zero-order chi connectivity index (χ0) is 14.7. The first-order chi connectivity index (χ1) is 10.2. The van der Waals surface area contributed by atoms with E-state index in [4.69, 9.17) is 13.6 Å². The van der Waals surface area contributed by atoms with Gasteiger partial charge in [0.15, 0.2) is 15.3 Å². The molecular weight excluding hydrogens is 379 g/mol. The summed E-state index contributed by atoms with van der Waals surface area (Å²) in [7, 11) is 1.66. The van der Waals surface area contributed by atoms with Crippen LogP contribution in [0.15, 0.2) is 57.4 Å². The number of benzene rings is 1. The van der Waals surface area contributed by atoms with Gasteiger partial charge in [-0.15, -0.1) is 0 Å². The third-order valence-electron chi connectivity index (χ3n) is 3.00. The van der Waals surface area contributed by atoms with E-state index in [9.17, 15) is 0 Å². The van der Waals surface area contributed by atoms with E-state index < -0.39 is 0 Å². The molecule has 0 unspecified atom stereocenters. The van der Waals surface area contributed by atoms with Crippen LogP contribution >= 0.6 is 22.6 Å². The molecule has 3 nitrogen and oxygen atoms in total. The quantitative estimate of drug-likeness (QED) is 0.564. The molecule has 2 heterocycles. The molecule has 21 heavy (non-hydrogen) atoms. The first-order valence-corrected chi connectivity index (χ1v) is 7.50. The standard InChI is InChI=1S/C17H13IO3/c1-19-13-5-2-12(3-6-13)4-7-14-8-9-15(20-14)16-10-11-17(18)21-16/h2-11H,1H3/b7-4+. The highest BCUT2D eigenvalue weighted by Crippen LogP contribution is 2.26. The molecule has 0 spiro atoms. The van der Waals surface area contributed by atoms with Gasteiger partial charge in [0.1, 0.15) is 11.5 Å². The average molecular weight is 392 g/mol. The summed E-state index contributed by atoms with van der Waals surface area (Å²) in [5.74, 6) is 3.10. The molecule has 0 bridgehead atoms. The van der Waals surface area contributed by atoms with Crippen molar-refractivity contribution >= 4 is 34.7 Å². The van der Waals surface area contributed by atoms with Crippen molar-refractivity contribution in [3.63, 3.8) is 0 Å². The maximum Gasteiger partial charge on any atom is 0.170 e. The summed E-state index contributed by atoms with van der Waals surface area (Å²) < 4.78 is 17.2. The lowest BCUT2D eigenvalue weighted by molar-refractivity contribution is 0.415. The van der Waals surface area contributed by atoms with Crippen LogP contribution < -0.4 is 4.74 Å². The Morgan fingerprint density at radius 3 is 2.24 bits per heavy atom. The van der Waals surface area contributed by atoms with Crippen LogP contribution in [0.2, 0.25) is 0 Å². The number of rotatable bonds is 4. The predicted octanol–water partition coefficient (Wildman–Crippen LogP) is 5.32. The minimum Gasteiger partial charge on any atom is -0.497 e. The van der Waals surface area contributed by atoms with Gasteiger partial charge < -0.3 is 13.6 Å². The van der Waals surface area contributed by atoms with Crippen LogP contribution in [-0.2, 0) is 0 Å². The number of hydrogen-bond donors (Lipinski definition) is 0. The van der Waals surface area contributed by atoms with E-state index in [2.05, 4.69) is 22.6 Å². The van der Waals surface area contributed by atoms with Crippen LogP contribution in [0.4, 0.5) is 0 Å². The molecule has 3 rings (SSSR count). The van der Waals surface area contributed by atoms with E-state index in [1.165, 1.54) is 0 Å². The summed E-state index contributed by atoms with van der Waals surface area (Å²) in [6.45, 7) is 0. The minimum absolute atomic E-state index is 0.729. The lowest BCUT2D eigenvalue weighted by Gasteiger charge is -1.98. The second kappa shape index (κ2) is 6.22. The Labute approximate surface area is 136 Å². The van der Waals surface area contributed by atoms with Gasteiger partial charge in [0.25, 0.3) is 0 Å². The van der Waals surface area contributed by atoms with Crippen LogP contribution in [0.5, 0.6) is 5.75 Å². The highest BCUT2D eigenvalue weighted by Gasteiger charge is 2.07. The number of halogens is 1. The lowest BCUT2D eigenvalue weighted by Crippen LogP contribution is -1.81. The number of hydrogen-bond acceptors (Lipinski definition) is 3. The SMILES string of the molecule is COc1ccc(/C=C/c2ccc(-c3ccc(I)o3)o2)cc1. The van der Waals surface area contributed by atoms with E-state index in [1.807, 2.05) is 60.7 Å². The maximum absolute atomic E-state index is 5.74. The Bertz CT molecular complexity index is 750. The summed E-state index contributed by atoms with van der Waals surface area (Å²) in [4.78, 5) is 0. The second-order valence-corrected chi connectivity index (χ2v) is 5.48. The van der Waals surface area contributed by atoms with E-state index in [-0.39, 0.29) is 0 Å². The van der Waals surface area contributed by atoms with Crippen LogP contribution in [0.3, 0.4) is 0 Å². The van der Waals surface area contributed by atoms with E-state index in [1.54, 1.807) is 7.11 Å². The van der Waals surface area contributed by atoms with Crippen LogP contribution in [0.1, 0.15) is 11.3 Å². The fourth-order valence-corrected chi connectivity index (χ4v) is 2.33. The monoisotopic (exact) mass is 392 g/mol. The third-order valence-corrected chi connectivity index (χ3v) is 3.58. The predicted molar refractivity (Wildman–Crippen MR) is 91.0 cm³/mol. The zero-order valence-corrected chi connectivity index (χ0v) is 13.5. The molecule has 0 saturated carbocycles. The van der Waals surface area contributed by atoms with Gasteiger partial charge in [0, 0.05) is 0 Å². The Balaban J connectivity index is 1.75. The summed E-state index contributed by atoms with van der Waals surface area (Å²) in [5, 5.41) is 0. The molecule has 0 aliphatic heterocycles. The van der Waals surface area contributed by atoms with Gasteiger partial charge in [-0.2, -0.15) is 0 Å². The fourth-order valence-electron chi connectivity index (χ4n) is 1.91. The highest BCUT2D eigenvalue weighted by atomic mass is 127. The molecule has 1 aromatic carbocycles. The molecule has 2 aromatic heterocycles. The minimum atomic E-state index is 0.729. The van der Waals surface area contributed by atoms with Crippen molar-refractivity contribution in [2.75, 3.05) is 7.11 Å². The molecule has 0 fully saturated rings. The Kier molecular flexibility index (Phi) is 4.15. The maximum atomic E-state index is 5.74. The molecule has 0 saturated heterocycles. The van der Waals surface area contributed by atoms with Gasteiger partial charge >= 0.3 is 0 Å². The molecular formula is C17H13IO3. The molecule has 0 N–H and O–H groups in total. The molecule has 0 radical (unpaired) electrons. The summed E-state index contributed by atoms with van der Waals surface area (Å²) in [6.07, 6.45) is 3.92. The normalized spacial score (nSPS) is 11.1. The topological polar surface area (TPSA) is 35.5 Å². The van der Waals surface area contributed by atoms with E-state index in [0.717, 1.165) is 32.4 Å². The Hall–Kier alpha value is -1.95. The molecule has 0 aliphatic rings. The molecule has 3 aromatic rings. The third kappa shape index (κ3) is 3.39. The Morgan fingerprint density at radius 1 is 0.857 bits per heavy atom. The van der Waals surface area contributed by atoms with Gasteiger partial charge in [-0.1, -0.05) is 18.2 Å². The van der Waals surface area contributed by atoms with Crippen molar-refractivity contribution < 1.29 is 13.6 Å². The van der Waals surface area contributed by atoms with E-state index in [0.29, 0.717) is 0 Å². The van der Waals surface area contributed by atoms with Gasteiger partial charge in [-0.3, -0.25) is 0 Å². The molecule has 0 amide bonds. The summed E-state index contributed by atoms with van der Waals surface area (Å²) in [6, 6.07) is 15.5. The van der Waals surface area contributed by atoms with Crippen molar-refractivity contribution in [1.29, 1.82) is 0 Å². The van der Waals surface area contributed by atoms with Gasteiger partial charge in [-0.05, 0) is 70.6 Å². The number of ether oxygens (including phenoxy) is 1. The molecule has 0 aliphatic carbocycles. The zero-order valence-electron chi connectivity index (χ0n) is 11.4. The van der Waals surface area contributed by atoms with Gasteiger partial charge in [0.2, 0.25) is 0 Å². The first kappa shape index (κ1) is 14.0. The smallest absolute Gasteiger partial charge is 0.170 e. The van der Waals surface area contributed by atoms with Gasteiger partial charge in [-0.25, -0.2) is 0 Å². The van der Waals surface area contributed by atoms with Crippen molar-refractivity contribution in [2.45, 2.75) is 0 Å². The molecule has 0 atom stereocenters. The van der Waals surface area contributed by atoms with Gasteiger partial charge in [0.05, 0.1) is 7.11 Å². The number of furan rings is 2. The van der Waals surface area contributed by atoms with Crippen molar-refractivity contribution in [3.8, 4) is 17.3 Å². The lowest BCUT2D eigenvalue weighted by atomic mass is 10.2. The Morgan fingerprint density at radius 2 is 1.57 bits per heavy atom. The van der Waals surface area contributed by atoms with Crippen molar-refractivity contribution in [1.82, 2.24) is 0 Å². The summed E-state index contributed by atoms with van der Waals surface area (Å²) >= 11 is 2.13. The number of methoxy groups -OCH3 is 1.